The molecule has 2 unspecified atom stereocenters. The highest BCUT2D eigenvalue weighted by Crippen LogP contribution is 2.43. The second kappa shape index (κ2) is 36.0. The number of esters is 2. The van der Waals surface area contributed by atoms with Crippen molar-refractivity contribution in [2.45, 2.75) is 148 Å². The topological polar surface area (TPSA) is 169 Å². The molecule has 0 aliphatic rings. The highest BCUT2D eigenvalue weighted by molar-refractivity contribution is 7.47. The molecule has 0 bridgehead atoms. The van der Waals surface area contributed by atoms with Gasteiger partial charge in [-0.2, -0.15) is 0 Å². The summed E-state index contributed by atoms with van der Waals surface area (Å²) in [4.78, 5) is 34.9. The number of aliphatic hydroxyl groups excluding tert-OH is 3. The second-order valence-electron chi connectivity index (χ2n) is 13.6. The first-order valence-electron chi connectivity index (χ1n) is 19.9. The Morgan fingerprint density at radius 1 is 0.648 bits per heavy atom. The molecule has 0 aliphatic heterocycles. The number of rotatable bonds is 35. The normalized spacial score (nSPS) is 15.4. The van der Waals surface area contributed by atoms with Crippen LogP contribution in [0.3, 0.4) is 0 Å². The van der Waals surface area contributed by atoms with Crippen molar-refractivity contribution >= 4 is 19.8 Å². The fourth-order valence-electron chi connectivity index (χ4n) is 4.82. The molecular formula is C42H71O11P. The average molecular weight is 783 g/mol. The van der Waals surface area contributed by atoms with Crippen molar-refractivity contribution in [2.75, 3.05) is 26.4 Å². The van der Waals surface area contributed by atoms with E-state index in [1.807, 2.05) is 12.2 Å². The minimum atomic E-state index is -4.67. The van der Waals surface area contributed by atoms with Gasteiger partial charge in [0.1, 0.15) is 12.7 Å². The summed E-state index contributed by atoms with van der Waals surface area (Å²) in [7, 11) is -4.67. The van der Waals surface area contributed by atoms with Gasteiger partial charge in [-0.1, -0.05) is 145 Å². The molecule has 0 saturated heterocycles. The maximum Gasteiger partial charge on any atom is 0.472 e. The molecule has 0 aromatic carbocycles. The van der Waals surface area contributed by atoms with Crippen LogP contribution in [0.25, 0.3) is 0 Å². The van der Waals surface area contributed by atoms with Crippen LogP contribution in [0.1, 0.15) is 130 Å². The highest BCUT2D eigenvalue weighted by atomic mass is 31.2. The Hall–Kier alpha value is -2.63. The summed E-state index contributed by atoms with van der Waals surface area (Å²) in [6.45, 7) is 4.22. The summed E-state index contributed by atoms with van der Waals surface area (Å²) in [5.41, 5.74) is 0. The van der Waals surface area contributed by atoms with E-state index in [9.17, 15) is 29.3 Å². The predicted molar refractivity (Wildman–Crippen MR) is 216 cm³/mol. The molecule has 54 heavy (non-hydrogen) atoms. The van der Waals surface area contributed by atoms with Crippen molar-refractivity contribution < 1.29 is 52.9 Å². The maximum atomic E-state index is 12.5. The summed E-state index contributed by atoms with van der Waals surface area (Å²) in [6.07, 6.45) is 35.1. The first kappa shape index (κ1) is 51.4. The van der Waals surface area contributed by atoms with E-state index in [1.54, 1.807) is 12.2 Å². The van der Waals surface area contributed by atoms with Gasteiger partial charge in [-0.15, -0.1) is 0 Å². The van der Waals surface area contributed by atoms with Crippen molar-refractivity contribution in [2.24, 2.45) is 5.92 Å². The number of ether oxygens (including phenoxy) is 2. The Morgan fingerprint density at radius 3 is 1.76 bits per heavy atom. The maximum absolute atomic E-state index is 12.5. The molecule has 0 radical (unpaired) electrons. The molecule has 12 heteroatoms. The lowest BCUT2D eigenvalue weighted by Gasteiger charge is -2.20. The second-order valence-corrected chi connectivity index (χ2v) is 15.1. The molecule has 0 heterocycles. The summed E-state index contributed by atoms with van der Waals surface area (Å²) in [5.74, 6) is -0.478. The highest BCUT2D eigenvalue weighted by Gasteiger charge is 2.27. The minimum absolute atomic E-state index is 0.103. The van der Waals surface area contributed by atoms with Gasteiger partial charge >= 0.3 is 19.8 Å². The molecule has 0 aromatic rings. The van der Waals surface area contributed by atoms with Crippen LogP contribution in [0.5, 0.6) is 0 Å². The third-order valence-electron chi connectivity index (χ3n) is 7.92. The van der Waals surface area contributed by atoms with Gasteiger partial charge in [0.2, 0.25) is 0 Å². The molecule has 4 N–H and O–H groups in total. The van der Waals surface area contributed by atoms with E-state index in [-0.39, 0.29) is 19.3 Å². The number of allylic oxidation sites excluding steroid dienone is 11. The van der Waals surface area contributed by atoms with Crippen LogP contribution in [0, 0.1) is 5.92 Å². The van der Waals surface area contributed by atoms with Gasteiger partial charge in [-0.25, -0.2) is 4.57 Å². The first-order valence-corrected chi connectivity index (χ1v) is 21.4. The van der Waals surface area contributed by atoms with E-state index in [4.69, 9.17) is 19.1 Å². The lowest BCUT2D eigenvalue weighted by Crippen LogP contribution is -2.30. The number of phosphoric ester groups is 1. The van der Waals surface area contributed by atoms with E-state index >= 15 is 0 Å². The standard InChI is InChI=1S/C42H71O11P/c1-4-5-6-7-8-9-10-11-12-13-14-15-16-20-23-26-29-38(44)31-32-41(46)50-35-40(36-52-54(48,49)51-34-39(45)33-43)53-42(47)30-27-24-21-18-17-19-22-25-28-37(2)3/h5-6,8-9,11-12,14-15,20,23,26,29,37-40,43-45H,4,7,10,13,16-19,21-22,24-25,27-28,30-36H2,1-3H3,(H,48,49)/b6-5-,9-8-,12-11-,15-14-,23-20-,29-26-/t38?,39-,40+/m0/s1. The van der Waals surface area contributed by atoms with Gasteiger partial charge in [0.25, 0.3) is 0 Å². The molecule has 0 fully saturated rings. The van der Waals surface area contributed by atoms with Gasteiger partial charge in [0.15, 0.2) is 6.10 Å². The van der Waals surface area contributed by atoms with E-state index in [0.717, 1.165) is 57.3 Å². The largest absolute Gasteiger partial charge is 0.472 e. The zero-order valence-corrected chi connectivity index (χ0v) is 34.1. The third kappa shape index (κ3) is 36.4. The molecule has 0 aliphatic carbocycles. The quantitative estimate of drug-likeness (QED) is 0.0159. The number of carbonyl (C=O) groups is 2. The lowest BCUT2D eigenvalue weighted by molar-refractivity contribution is -0.161. The zero-order valence-electron chi connectivity index (χ0n) is 33.2. The summed E-state index contributed by atoms with van der Waals surface area (Å²) < 4.78 is 32.4. The number of aliphatic hydroxyl groups is 3. The van der Waals surface area contributed by atoms with Crippen LogP contribution >= 0.6 is 7.82 Å². The molecule has 310 valence electrons. The third-order valence-corrected chi connectivity index (χ3v) is 8.87. The molecular weight excluding hydrogens is 711 g/mol. The summed E-state index contributed by atoms with van der Waals surface area (Å²) in [5, 5.41) is 28.5. The Balaban J connectivity index is 4.59. The summed E-state index contributed by atoms with van der Waals surface area (Å²) >= 11 is 0. The molecule has 0 spiro atoms. The SMILES string of the molecule is CC/C=C\C/C=C\C/C=C\C/C=C\C/C=C\C=C/C(O)CCC(=O)OC[C@H](COP(=O)(O)OC[C@@H](O)CO)OC(=O)CCCCCCCCCCC(C)C. The van der Waals surface area contributed by atoms with Gasteiger partial charge in [0, 0.05) is 12.8 Å². The average Bonchev–Trinajstić information content (AvgIpc) is 3.14. The fourth-order valence-corrected chi connectivity index (χ4v) is 5.60. The number of carbonyl (C=O) groups excluding carboxylic acids is 2. The Morgan fingerprint density at radius 2 is 1.19 bits per heavy atom. The Kier molecular flexibility index (Phi) is 34.3. The Labute approximate surface area is 325 Å². The van der Waals surface area contributed by atoms with E-state index in [0.29, 0.717) is 6.42 Å². The number of hydrogen-bond donors (Lipinski definition) is 4. The monoisotopic (exact) mass is 782 g/mol. The zero-order chi connectivity index (χ0) is 40.1. The Bertz CT molecular complexity index is 1160. The molecule has 0 amide bonds. The minimum Gasteiger partial charge on any atom is -0.462 e. The van der Waals surface area contributed by atoms with Crippen LogP contribution < -0.4 is 0 Å². The molecule has 0 aromatic heterocycles. The predicted octanol–water partition coefficient (Wildman–Crippen LogP) is 8.93. The summed E-state index contributed by atoms with van der Waals surface area (Å²) in [6, 6.07) is 0. The van der Waals surface area contributed by atoms with Crippen molar-refractivity contribution in [1.82, 2.24) is 0 Å². The van der Waals surface area contributed by atoms with Crippen LogP contribution in [-0.4, -0.2) is 76.9 Å². The van der Waals surface area contributed by atoms with Crippen LogP contribution in [0.2, 0.25) is 0 Å². The van der Waals surface area contributed by atoms with Crippen LogP contribution in [-0.2, 0) is 32.7 Å². The van der Waals surface area contributed by atoms with Crippen molar-refractivity contribution in [1.29, 1.82) is 0 Å². The van der Waals surface area contributed by atoms with E-state index in [2.05, 4.69) is 73.9 Å². The molecule has 0 saturated carbocycles. The van der Waals surface area contributed by atoms with Crippen LogP contribution in [0.15, 0.2) is 72.9 Å². The van der Waals surface area contributed by atoms with Crippen LogP contribution in [0.4, 0.5) is 0 Å². The van der Waals surface area contributed by atoms with Crippen molar-refractivity contribution in [3.63, 3.8) is 0 Å². The molecule has 11 nitrogen and oxygen atoms in total. The number of hydrogen-bond acceptors (Lipinski definition) is 10. The van der Waals surface area contributed by atoms with Gasteiger partial charge in [-0.3, -0.25) is 18.6 Å². The molecule has 0 rings (SSSR count). The first-order chi connectivity index (χ1) is 26.0. The lowest BCUT2D eigenvalue weighted by atomic mass is 10.0. The van der Waals surface area contributed by atoms with Crippen molar-refractivity contribution in [3.8, 4) is 0 Å². The fraction of sp³-hybridized carbons (Fsp3) is 0.667. The number of unbranched alkanes of at least 4 members (excludes halogenated alkanes) is 7. The van der Waals surface area contributed by atoms with E-state index in [1.165, 1.54) is 32.1 Å². The van der Waals surface area contributed by atoms with Gasteiger partial charge < -0.3 is 29.7 Å². The van der Waals surface area contributed by atoms with E-state index < -0.39 is 64.5 Å². The number of phosphoric acid groups is 1. The van der Waals surface area contributed by atoms with Crippen molar-refractivity contribution in [3.05, 3.63) is 72.9 Å². The van der Waals surface area contributed by atoms with Gasteiger partial charge in [0.05, 0.1) is 25.9 Å². The van der Waals surface area contributed by atoms with Gasteiger partial charge in [-0.05, 0) is 50.9 Å². The smallest absolute Gasteiger partial charge is 0.462 e. The molecule has 4 atom stereocenters.